The predicted molar refractivity (Wildman–Crippen MR) is 287 cm³/mol. The second kappa shape index (κ2) is 39.9. The number of carbonyl (C=O) groups excluding carboxylic acids is 5. The van der Waals surface area contributed by atoms with Crippen LogP contribution in [0.4, 0.5) is 26.3 Å². The fourth-order valence-corrected chi connectivity index (χ4v) is 9.68. The van der Waals surface area contributed by atoms with Crippen LogP contribution in [0, 0.1) is 17.8 Å². The van der Waals surface area contributed by atoms with E-state index in [1.54, 1.807) is 20.8 Å². The molecule has 6 aliphatic heterocycles. The molecule has 0 aromatic rings. The lowest BCUT2D eigenvalue weighted by atomic mass is 9.95. The highest BCUT2D eigenvalue weighted by atomic mass is 79.9. The predicted octanol–water partition coefficient (Wildman–Crippen LogP) is -2.58. The molecule has 0 radical (unpaired) electrons. The van der Waals surface area contributed by atoms with E-state index in [-0.39, 0.29) is 31.7 Å². The topological polar surface area (TPSA) is 450 Å². The summed E-state index contributed by atoms with van der Waals surface area (Å²) in [5, 5.41) is 114. The zero-order chi connectivity index (χ0) is 67.2. The van der Waals surface area contributed by atoms with Gasteiger partial charge >= 0.3 is 29.8 Å². The first-order valence-corrected chi connectivity index (χ1v) is 29.1. The normalized spacial score (nSPS) is 42.4. The molecule has 0 spiro atoms. The van der Waals surface area contributed by atoms with Crippen molar-refractivity contribution < 1.29 is 169 Å². The van der Waals surface area contributed by atoms with E-state index in [4.69, 9.17) is 94.4 Å². The third-order valence-corrected chi connectivity index (χ3v) is 16.3. The van der Waals surface area contributed by atoms with Gasteiger partial charge in [-0.1, -0.05) is 68.6 Å². The van der Waals surface area contributed by atoms with Gasteiger partial charge in [0.05, 0.1) is 19.8 Å². The largest absolute Gasteiger partial charge is 0.463 e. The Morgan fingerprint density at radius 1 is 0.345 bits per heavy atom. The van der Waals surface area contributed by atoms with Gasteiger partial charge in [0, 0.05) is 52.4 Å². The molecule has 0 bridgehead atoms. The minimum Gasteiger partial charge on any atom is -0.463 e. The lowest BCUT2D eigenvalue weighted by Gasteiger charge is -2.39. The first kappa shape index (κ1) is 82.6. The summed E-state index contributed by atoms with van der Waals surface area (Å²) in [6, 6.07) is 0. The Morgan fingerprint density at radius 2 is 0.632 bits per heavy atom. The van der Waals surface area contributed by atoms with Crippen molar-refractivity contribution in [1.29, 1.82) is 0 Å². The summed E-state index contributed by atoms with van der Waals surface area (Å²) in [4.78, 5) is 53.9. The van der Waals surface area contributed by atoms with Crippen LogP contribution in [0.3, 0.4) is 0 Å². The summed E-state index contributed by atoms with van der Waals surface area (Å²) in [6.07, 6.45) is -34.9. The van der Waals surface area contributed by atoms with Crippen LogP contribution >= 0.6 is 47.8 Å². The number of hydrogen-bond acceptors (Lipinski definition) is 29. The van der Waals surface area contributed by atoms with E-state index in [9.17, 15) is 55.4 Å². The van der Waals surface area contributed by atoms with Gasteiger partial charge < -0.3 is 118 Å². The van der Waals surface area contributed by atoms with Crippen molar-refractivity contribution >= 4 is 77.6 Å². The molecule has 0 amide bonds. The van der Waals surface area contributed by atoms with Crippen LogP contribution in [-0.2, 0) is 76.1 Å². The average Bonchev–Trinajstić information content (AvgIpc) is 3.68. The molecule has 0 aromatic carbocycles. The SMILES string of the molecule is CC(=O)OCC1OC(Br)C(C)C(F)C1O.CC(=O)OCC1OC(Br)C(C)C(OC(C)=O)C1F.CC(=O)OCC1OC(Br)C(C)C(OC(C)=O)C1F.OCC1OC(O)C(O)C(F)C1O.OCC1OC(O)C(O)C(O)C1F.OCC1OC(O)C(O)C(O)C1F. The zero-order valence-electron chi connectivity index (χ0n) is 47.8. The molecular weight excluding hydrogens is 1410 g/mol. The molecule has 0 saturated carbocycles. The fraction of sp³-hybridized carbons (Fsp3) is 0.898. The van der Waals surface area contributed by atoms with Gasteiger partial charge in [0.25, 0.3) is 0 Å². The molecule has 6 rings (SSSR count). The smallest absolute Gasteiger partial charge is 0.303 e. The van der Waals surface area contributed by atoms with Crippen molar-refractivity contribution in [3.8, 4) is 0 Å². The molecule has 6 aliphatic rings. The molecule has 6 heterocycles. The van der Waals surface area contributed by atoms with E-state index in [2.05, 4.69) is 66.7 Å². The molecule has 30 unspecified atom stereocenters. The van der Waals surface area contributed by atoms with Gasteiger partial charge in [-0.2, -0.15) is 0 Å². The Hall–Kier alpha value is -2.39. The van der Waals surface area contributed by atoms with Crippen LogP contribution in [-0.4, -0.2) is 298 Å². The molecule has 512 valence electrons. The third-order valence-electron chi connectivity index (χ3n) is 13.2. The number of hydrogen-bond donors (Lipinski definition) is 13. The van der Waals surface area contributed by atoms with E-state index in [1.807, 2.05) is 0 Å². The van der Waals surface area contributed by atoms with Crippen LogP contribution in [0.2, 0.25) is 0 Å². The van der Waals surface area contributed by atoms with Crippen LogP contribution in [0.1, 0.15) is 55.4 Å². The number of esters is 5. The van der Waals surface area contributed by atoms with Crippen molar-refractivity contribution in [2.75, 3.05) is 39.6 Å². The van der Waals surface area contributed by atoms with Gasteiger partial charge in [0.2, 0.25) is 0 Å². The number of alkyl halides is 9. The fourth-order valence-electron chi connectivity index (χ4n) is 7.96. The van der Waals surface area contributed by atoms with Crippen LogP contribution < -0.4 is 0 Å². The maximum absolute atomic E-state index is 14.1. The number of aliphatic hydroxyl groups is 13. The highest BCUT2D eigenvalue weighted by Crippen LogP contribution is 2.36. The van der Waals surface area contributed by atoms with Crippen LogP contribution in [0.5, 0.6) is 0 Å². The Kier molecular flexibility index (Phi) is 37.9. The molecular formula is C49H79Br3F6O29. The Balaban J connectivity index is 0.000000526. The van der Waals surface area contributed by atoms with E-state index >= 15 is 0 Å². The van der Waals surface area contributed by atoms with Gasteiger partial charge in [-0.05, 0) is 0 Å². The first-order chi connectivity index (χ1) is 40.3. The maximum Gasteiger partial charge on any atom is 0.303 e. The number of ether oxygens (including phenoxy) is 11. The highest BCUT2D eigenvalue weighted by molar-refractivity contribution is 9.09. The number of halogens is 9. The molecule has 13 N–H and O–H groups in total. The lowest BCUT2D eigenvalue weighted by Crippen LogP contribution is -2.56. The summed E-state index contributed by atoms with van der Waals surface area (Å²) in [6.45, 7) is 8.75. The van der Waals surface area contributed by atoms with Crippen LogP contribution in [0.25, 0.3) is 0 Å². The molecule has 30 atom stereocenters. The molecule has 87 heavy (non-hydrogen) atoms. The number of rotatable bonds is 11. The Bertz CT molecular complexity index is 1890. The summed E-state index contributed by atoms with van der Waals surface area (Å²) in [7, 11) is 0. The van der Waals surface area contributed by atoms with Gasteiger partial charge in [0.1, 0.15) is 133 Å². The zero-order valence-corrected chi connectivity index (χ0v) is 52.6. The monoisotopic (exact) mass is 1480 g/mol. The summed E-state index contributed by atoms with van der Waals surface area (Å²) >= 11 is 9.63. The standard InChI is InChI=1S/2C11H16BrFO5.C9H14BrFO4.3C6H11FO5/c2*1-5-10(17-7(3)15)9(13)8(18-11(5)12)4-16-6(2)14;1-4-7(11)8(13)6(15-9(4)10)3-14-5(2)12;7-3-4(9)2(1-8)12-6(11)5(3)10;2*7-3-2(1-8)12-6(11)5(10)4(3)9/h2*5,8-11H,4H2,1-3H3;4,6-9,13H,3H2,1-2H3;3*2-6,8-11H,1H2. The van der Waals surface area contributed by atoms with Crippen molar-refractivity contribution in [2.45, 2.75) is 218 Å². The third kappa shape index (κ3) is 25.9. The molecule has 6 saturated heterocycles. The molecule has 0 aromatic heterocycles. The second-order valence-corrected chi connectivity index (χ2v) is 22.8. The summed E-state index contributed by atoms with van der Waals surface area (Å²) in [5.41, 5.74) is 0. The van der Waals surface area contributed by atoms with Gasteiger partial charge in [-0.3, -0.25) is 24.0 Å². The number of aliphatic hydroxyl groups excluding tert-OH is 13. The van der Waals surface area contributed by atoms with E-state index < -0.39 is 218 Å². The lowest BCUT2D eigenvalue weighted by molar-refractivity contribution is -0.275. The van der Waals surface area contributed by atoms with E-state index in [1.165, 1.54) is 34.6 Å². The summed E-state index contributed by atoms with van der Waals surface area (Å²) < 4.78 is 134. The minimum absolute atomic E-state index is 0.133. The minimum atomic E-state index is -1.99. The van der Waals surface area contributed by atoms with Crippen molar-refractivity contribution in [1.82, 2.24) is 0 Å². The van der Waals surface area contributed by atoms with E-state index in [0.29, 0.717) is 0 Å². The van der Waals surface area contributed by atoms with Crippen LogP contribution in [0.15, 0.2) is 0 Å². The van der Waals surface area contributed by atoms with Gasteiger partial charge in [-0.25, -0.2) is 26.3 Å². The number of carbonyl (C=O) groups is 5. The summed E-state index contributed by atoms with van der Waals surface area (Å²) in [5.74, 6) is -3.72. The first-order valence-electron chi connectivity index (χ1n) is 26.4. The Morgan fingerprint density at radius 3 is 0.954 bits per heavy atom. The van der Waals surface area contributed by atoms with E-state index in [0.717, 1.165) is 0 Å². The highest BCUT2D eigenvalue weighted by Gasteiger charge is 2.49. The van der Waals surface area contributed by atoms with Gasteiger partial charge in [-0.15, -0.1) is 0 Å². The molecule has 6 fully saturated rings. The maximum atomic E-state index is 14.1. The molecule has 38 heteroatoms. The second-order valence-electron chi connectivity index (χ2n) is 20.1. The van der Waals surface area contributed by atoms with Gasteiger partial charge in [0.15, 0.2) is 49.7 Å². The average molecular weight is 1490 g/mol. The molecule has 29 nitrogen and oxygen atoms in total. The quantitative estimate of drug-likeness (QED) is 0.0437. The van der Waals surface area contributed by atoms with Crippen molar-refractivity contribution in [2.24, 2.45) is 17.8 Å². The van der Waals surface area contributed by atoms with Crippen molar-refractivity contribution in [3.05, 3.63) is 0 Å². The Labute approximate surface area is 519 Å². The molecule has 0 aliphatic carbocycles. The van der Waals surface area contributed by atoms with Crippen molar-refractivity contribution in [3.63, 3.8) is 0 Å².